The Morgan fingerprint density at radius 1 is 0.950 bits per heavy atom. The lowest BCUT2D eigenvalue weighted by molar-refractivity contribution is -0.192. The van der Waals surface area contributed by atoms with Crippen LogP contribution in [0.1, 0.15) is 11.1 Å². The van der Waals surface area contributed by atoms with E-state index in [1.54, 1.807) is 6.08 Å². The maximum absolute atomic E-state index is 12.2. The second-order valence-electron chi connectivity index (χ2n) is 4.55. The van der Waals surface area contributed by atoms with Crippen molar-refractivity contribution < 1.29 is 14.3 Å². The number of hydrogen-bond acceptors (Lipinski definition) is 3. The van der Waals surface area contributed by atoms with Crippen molar-refractivity contribution in [3.05, 3.63) is 77.9 Å². The summed E-state index contributed by atoms with van der Waals surface area (Å²) in [4.78, 5) is 12.2. The molecular weight excluding hydrogens is 252 g/mol. The summed E-state index contributed by atoms with van der Waals surface area (Å²) in [7, 11) is 1.53. The Balaban J connectivity index is 2.08. The number of hydrogen-bond donors (Lipinski definition) is 0. The molecule has 3 nitrogen and oxygen atoms in total. The van der Waals surface area contributed by atoms with E-state index in [4.69, 9.17) is 9.47 Å². The van der Waals surface area contributed by atoms with Gasteiger partial charge < -0.3 is 9.47 Å². The molecule has 20 heavy (non-hydrogen) atoms. The van der Waals surface area contributed by atoms with E-state index in [0.717, 1.165) is 11.1 Å². The van der Waals surface area contributed by atoms with Gasteiger partial charge in [-0.05, 0) is 5.56 Å². The van der Waals surface area contributed by atoms with Crippen LogP contribution in [0.5, 0.6) is 0 Å². The van der Waals surface area contributed by atoms with Gasteiger partial charge in [0.05, 0.1) is 5.57 Å². The van der Waals surface area contributed by atoms with Gasteiger partial charge >= 0.3 is 5.97 Å². The van der Waals surface area contributed by atoms with Gasteiger partial charge in [0.25, 0.3) is 5.79 Å². The normalized spacial score (nSPS) is 21.4. The van der Waals surface area contributed by atoms with Gasteiger partial charge in [-0.1, -0.05) is 60.7 Å². The van der Waals surface area contributed by atoms with Crippen molar-refractivity contribution in [3.63, 3.8) is 0 Å². The molecule has 0 aliphatic carbocycles. The highest BCUT2D eigenvalue weighted by Gasteiger charge is 2.42. The fourth-order valence-corrected chi connectivity index (χ4v) is 2.32. The molecule has 0 bridgehead atoms. The Morgan fingerprint density at radius 3 is 2.15 bits per heavy atom. The van der Waals surface area contributed by atoms with Crippen LogP contribution in [0, 0.1) is 0 Å². The zero-order valence-electron chi connectivity index (χ0n) is 11.1. The van der Waals surface area contributed by atoms with E-state index < -0.39 is 5.79 Å². The molecule has 2 aromatic carbocycles. The summed E-state index contributed by atoms with van der Waals surface area (Å²) in [5.41, 5.74) is 2.14. The van der Waals surface area contributed by atoms with Crippen molar-refractivity contribution in [2.75, 3.05) is 7.11 Å². The largest absolute Gasteiger partial charge is 0.421 e. The van der Waals surface area contributed by atoms with Crippen molar-refractivity contribution in [3.8, 4) is 0 Å². The average molecular weight is 266 g/mol. The highest BCUT2D eigenvalue weighted by molar-refractivity contribution is 6.18. The number of rotatable bonds is 3. The number of cyclic esters (lactones) is 1. The summed E-state index contributed by atoms with van der Waals surface area (Å²) in [5, 5.41) is 0. The predicted octanol–water partition coefficient (Wildman–Crippen LogP) is 3.13. The molecule has 3 rings (SSSR count). The van der Waals surface area contributed by atoms with Crippen LogP contribution >= 0.6 is 0 Å². The fourth-order valence-electron chi connectivity index (χ4n) is 2.32. The monoisotopic (exact) mass is 266 g/mol. The molecule has 0 N–H and O–H groups in total. The molecule has 3 heteroatoms. The summed E-state index contributed by atoms with van der Waals surface area (Å²) in [6, 6.07) is 18.9. The first-order chi connectivity index (χ1) is 9.75. The molecule has 0 spiro atoms. The lowest BCUT2D eigenvalue weighted by Crippen LogP contribution is -2.27. The van der Waals surface area contributed by atoms with Crippen molar-refractivity contribution in [2.45, 2.75) is 5.79 Å². The Hall–Kier alpha value is -2.39. The second-order valence-corrected chi connectivity index (χ2v) is 4.55. The van der Waals surface area contributed by atoms with Gasteiger partial charge in [0.2, 0.25) is 0 Å². The van der Waals surface area contributed by atoms with Crippen molar-refractivity contribution in [1.82, 2.24) is 0 Å². The third-order valence-electron chi connectivity index (χ3n) is 3.36. The van der Waals surface area contributed by atoms with Gasteiger partial charge in [-0.25, -0.2) is 4.79 Å². The molecule has 1 unspecified atom stereocenters. The smallest absolute Gasteiger partial charge is 0.341 e. The van der Waals surface area contributed by atoms with Gasteiger partial charge in [-0.15, -0.1) is 0 Å². The summed E-state index contributed by atoms with van der Waals surface area (Å²) >= 11 is 0. The second kappa shape index (κ2) is 4.94. The van der Waals surface area contributed by atoms with Gasteiger partial charge in [-0.2, -0.15) is 0 Å². The zero-order valence-corrected chi connectivity index (χ0v) is 11.1. The molecule has 1 heterocycles. The highest BCUT2D eigenvalue weighted by atomic mass is 16.7. The first-order valence-corrected chi connectivity index (χ1v) is 6.37. The zero-order chi connectivity index (χ0) is 14.0. The Kier molecular flexibility index (Phi) is 3.12. The average Bonchev–Trinajstić information content (AvgIpc) is 2.87. The van der Waals surface area contributed by atoms with Gasteiger partial charge in [0, 0.05) is 18.7 Å². The maximum Gasteiger partial charge on any atom is 0.341 e. The number of methoxy groups -OCH3 is 1. The van der Waals surface area contributed by atoms with Crippen LogP contribution in [0.2, 0.25) is 0 Å². The highest BCUT2D eigenvalue weighted by Crippen LogP contribution is 2.38. The summed E-state index contributed by atoms with van der Waals surface area (Å²) in [6.45, 7) is 0. The summed E-state index contributed by atoms with van der Waals surface area (Å²) < 4.78 is 11.0. The summed E-state index contributed by atoms with van der Waals surface area (Å²) in [5.74, 6) is -1.51. The van der Waals surface area contributed by atoms with Crippen LogP contribution in [0.15, 0.2) is 66.7 Å². The minimum Gasteiger partial charge on any atom is -0.421 e. The lowest BCUT2D eigenvalue weighted by Gasteiger charge is -2.24. The first kappa shape index (κ1) is 12.6. The lowest BCUT2D eigenvalue weighted by atomic mass is 10.0. The molecule has 0 saturated carbocycles. The number of benzene rings is 2. The van der Waals surface area contributed by atoms with Crippen LogP contribution in [0.25, 0.3) is 5.57 Å². The van der Waals surface area contributed by atoms with E-state index in [0.29, 0.717) is 5.57 Å². The number of esters is 1. The Bertz CT molecular complexity index is 646. The molecule has 0 fully saturated rings. The van der Waals surface area contributed by atoms with Gasteiger partial charge in [0.1, 0.15) is 0 Å². The van der Waals surface area contributed by atoms with E-state index in [-0.39, 0.29) is 5.97 Å². The number of carbonyl (C=O) groups excluding carboxylic acids is 1. The van der Waals surface area contributed by atoms with Crippen LogP contribution in [-0.4, -0.2) is 13.1 Å². The molecule has 0 amide bonds. The molecule has 2 aromatic rings. The minimum absolute atomic E-state index is 0.373. The minimum atomic E-state index is -1.14. The molecule has 100 valence electrons. The number of ether oxygens (including phenoxy) is 2. The molecule has 0 aromatic heterocycles. The van der Waals surface area contributed by atoms with Gasteiger partial charge in [0.15, 0.2) is 0 Å². The topological polar surface area (TPSA) is 35.5 Å². The van der Waals surface area contributed by atoms with E-state index in [2.05, 4.69) is 0 Å². The van der Waals surface area contributed by atoms with Crippen molar-refractivity contribution in [2.24, 2.45) is 0 Å². The standard InChI is InChI=1S/C17H14O3/c1-19-17(14-10-6-3-7-11-14)12-15(16(18)20-17)13-8-4-2-5-9-13/h2-12H,1H3. The molecular formula is C17H14O3. The molecule has 1 aliphatic heterocycles. The Labute approximate surface area is 117 Å². The molecule has 1 atom stereocenters. The van der Waals surface area contributed by atoms with Crippen LogP contribution in [0.4, 0.5) is 0 Å². The van der Waals surface area contributed by atoms with E-state index in [9.17, 15) is 4.79 Å². The summed E-state index contributed by atoms with van der Waals surface area (Å²) in [6.07, 6.45) is 1.74. The van der Waals surface area contributed by atoms with Crippen molar-refractivity contribution >= 4 is 11.5 Å². The van der Waals surface area contributed by atoms with Crippen molar-refractivity contribution in [1.29, 1.82) is 0 Å². The van der Waals surface area contributed by atoms with Crippen LogP contribution in [-0.2, 0) is 20.1 Å². The van der Waals surface area contributed by atoms with Crippen LogP contribution in [0.3, 0.4) is 0 Å². The van der Waals surface area contributed by atoms with E-state index >= 15 is 0 Å². The third-order valence-corrected chi connectivity index (χ3v) is 3.36. The van der Waals surface area contributed by atoms with E-state index in [1.807, 2.05) is 60.7 Å². The fraction of sp³-hybridized carbons (Fsp3) is 0.118. The molecule has 1 aliphatic rings. The third kappa shape index (κ3) is 2.02. The van der Waals surface area contributed by atoms with Gasteiger partial charge in [-0.3, -0.25) is 0 Å². The number of carbonyl (C=O) groups is 1. The Morgan fingerprint density at radius 2 is 1.55 bits per heavy atom. The van der Waals surface area contributed by atoms with E-state index in [1.165, 1.54) is 7.11 Å². The predicted molar refractivity (Wildman–Crippen MR) is 75.6 cm³/mol. The first-order valence-electron chi connectivity index (χ1n) is 6.37. The quantitative estimate of drug-likeness (QED) is 0.801. The van der Waals surface area contributed by atoms with Crippen LogP contribution < -0.4 is 0 Å². The SMILES string of the molecule is COC1(c2ccccc2)C=C(c2ccccc2)C(=O)O1. The molecule has 0 radical (unpaired) electrons. The molecule has 0 saturated heterocycles. The maximum atomic E-state index is 12.2.